The lowest BCUT2D eigenvalue weighted by atomic mass is 9.88. The first kappa shape index (κ1) is 15.4. The normalized spacial score (nSPS) is 15.0. The summed E-state index contributed by atoms with van der Waals surface area (Å²) in [7, 11) is 0. The zero-order valence-corrected chi connectivity index (χ0v) is 15.6. The van der Waals surface area contributed by atoms with Crippen molar-refractivity contribution in [3.8, 4) is 11.3 Å². The zero-order chi connectivity index (χ0) is 17.2. The van der Waals surface area contributed by atoms with Crippen LogP contribution in [0.2, 0.25) is 0 Å². The molecule has 0 unspecified atom stereocenters. The Morgan fingerprint density at radius 3 is 2.33 bits per heavy atom. The van der Waals surface area contributed by atoms with Crippen LogP contribution in [0, 0.1) is 13.8 Å². The van der Waals surface area contributed by atoms with Crippen LogP contribution in [-0.4, -0.2) is 0 Å². The monoisotopic (exact) mass is 316 g/mol. The summed E-state index contributed by atoms with van der Waals surface area (Å²) in [5.74, 6) is 0.543. The van der Waals surface area contributed by atoms with Crippen molar-refractivity contribution in [1.29, 1.82) is 0 Å². The lowest BCUT2D eigenvalue weighted by Crippen LogP contribution is -2.51. The molecule has 0 bridgehead atoms. The number of benzene rings is 2. The third kappa shape index (κ3) is 1.97. The Labute approximate surface area is 145 Å². The van der Waals surface area contributed by atoms with Crippen LogP contribution in [0.4, 0.5) is 0 Å². The van der Waals surface area contributed by atoms with Gasteiger partial charge in [0.25, 0.3) is 0 Å². The van der Waals surface area contributed by atoms with Gasteiger partial charge in [-0.15, -0.1) is 0 Å². The molecule has 0 N–H and O–H groups in total. The summed E-state index contributed by atoms with van der Waals surface area (Å²) in [5, 5.41) is 1.32. The third-order valence-electron chi connectivity index (χ3n) is 5.55. The summed E-state index contributed by atoms with van der Waals surface area (Å²) >= 11 is 0. The minimum absolute atomic E-state index is 0.0302. The van der Waals surface area contributed by atoms with Gasteiger partial charge in [-0.25, -0.2) is 0 Å². The molecule has 0 atom stereocenters. The molecule has 0 radical (unpaired) electrons. The number of nitrogens with zero attached hydrogens (tertiary/aromatic N) is 1. The molecule has 1 heteroatoms. The van der Waals surface area contributed by atoms with Crippen molar-refractivity contribution >= 4 is 10.9 Å². The second-order valence-electron chi connectivity index (χ2n) is 8.09. The molecular weight excluding hydrogens is 290 g/mol. The van der Waals surface area contributed by atoms with Gasteiger partial charge in [0, 0.05) is 36.9 Å². The van der Waals surface area contributed by atoms with Gasteiger partial charge in [0.2, 0.25) is 11.2 Å². The fraction of sp³-hybridized carbons (Fsp3) is 0.348. The van der Waals surface area contributed by atoms with Gasteiger partial charge < -0.3 is 0 Å². The summed E-state index contributed by atoms with van der Waals surface area (Å²) in [6.07, 6.45) is 0. The molecule has 0 amide bonds. The number of hydrogen-bond acceptors (Lipinski definition) is 0. The molecule has 0 spiro atoms. The molecule has 1 nitrogen and oxygen atoms in total. The molecule has 2 aromatic carbocycles. The van der Waals surface area contributed by atoms with E-state index in [2.05, 4.69) is 88.6 Å². The standard InChI is InChI=1S/C23H26N/c1-14(2)18-8-7-17-9-10-20-19-12-15(3)11-16(4)22(19)23(5,6)24(20)21(17)13-18/h7-14H,1-6H3/q+1. The molecule has 1 aromatic heterocycles. The van der Waals surface area contributed by atoms with Gasteiger partial charge >= 0.3 is 0 Å². The third-order valence-corrected chi connectivity index (χ3v) is 5.55. The smallest absolute Gasteiger partial charge is 0.182 e. The number of pyridine rings is 1. The van der Waals surface area contributed by atoms with Crippen LogP contribution in [0.25, 0.3) is 22.2 Å². The molecule has 24 heavy (non-hydrogen) atoms. The second-order valence-corrected chi connectivity index (χ2v) is 8.09. The first-order valence-electron chi connectivity index (χ1n) is 8.92. The molecule has 2 heterocycles. The topological polar surface area (TPSA) is 3.88 Å². The molecule has 3 aromatic rings. The van der Waals surface area contributed by atoms with Crippen LogP contribution >= 0.6 is 0 Å². The Morgan fingerprint density at radius 2 is 1.62 bits per heavy atom. The quantitative estimate of drug-likeness (QED) is 0.512. The highest BCUT2D eigenvalue weighted by molar-refractivity contribution is 5.81. The number of rotatable bonds is 1. The first-order chi connectivity index (χ1) is 11.3. The number of aromatic nitrogens is 1. The van der Waals surface area contributed by atoms with Gasteiger partial charge in [-0.1, -0.05) is 26.0 Å². The number of hydrogen-bond donors (Lipinski definition) is 0. The van der Waals surface area contributed by atoms with Crippen LogP contribution in [-0.2, 0) is 5.54 Å². The Bertz CT molecular complexity index is 977. The molecule has 0 aliphatic carbocycles. The lowest BCUT2D eigenvalue weighted by molar-refractivity contribution is -0.707. The Balaban J connectivity index is 2.13. The van der Waals surface area contributed by atoms with Crippen molar-refractivity contribution in [2.45, 2.75) is 53.0 Å². The highest BCUT2D eigenvalue weighted by Crippen LogP contribution is 2.41. The van der Waals surface area contributed by atoms with E-state index in [1.54, 1.807) is 0 Å². The van der Waals surface area contributed by atoms with E-state index in [4.69, 9.17) is 0 Å². The van der Waals surface area contributed by atoms with Crippen molar-refractivity contribution in [3.05, 3.63) is 64.7 Å². The van der Waals surface area contributed by atoms with Crippen LogP contribution < -0.4 is 4.57 Å². The van der Waals surface area contributed by atoms with E-state index < -0.39 is 0 Å². The molecule has 1 aliphatic rings. The van der Waals surface area contributed by atoms with E-state index in [1.807, 2.05) is 0 Å². The molecule has 1 aliphatic heterocycles. The molecule has 0 saturated carbocycles. The summed E-state index contributed by atoms with van der Waals surface area (Å²) < 4.78 is 2.55. The van der Waals surface area contributed by atoms with Gasteiger partial charge in [0.15, 0.2) is 5.54 Å². The highest BCUT2D eigenvalue weighted by Gasteiger charge is 2.45. The first-order valence-corrected chi connectivity index (χ1v) is 8.92. The summed E-state index contributed by atoms with van der Waals surface area (Å²) in [5.41, 5.74) is 9.66. The lowest BCUT2D eigenvalue weighted by Gasteiger charge is -2.19. The van der Waals surface area contributed by atoms with Crippen molar-refractivity contribution in [2.24, 2.45) is 0 Å². The molecule has 0 fully saturated rings. The largest absolute Gasteiger partial charge is 0.214 e. The predicted molar refractivity (Wildman–Crippen MR) is 102 cm³/mol. The Hall–Kier alpha value is -2.15. The van der Waals surface area contributed by atoms with Crippen molar-refractivity contribution in [1.82, 2.24) is 0 Å². The minimum atomic E-state index is -0.0302. The Kier molecular flexibility index (Phi) is 3.16. The van der Waals surface area contributed by atoms with Gasteiger partial charge in [-0.05, 0) is 54.7 Å². The summed E-state index contributed by atoms with van der Waals surface area (Å²) in [6.45, 7) is 13.7. The van der Waals surface area contributed by atoms with Crippen molar-refractivity contribution in [3.63, 3.8) is 0 Å². The second kappa shape index (κ2) is 4.92. The molecular formula is C23H26N+. The van der Waals surface area contributed by atoms with Crippen LogP contribution in [0.15, 0.2) is 42.5 Å². The van der Waals surface area contributed by atoms with Crippen molar-refractivity contribution in [2.75, 3.05) is 0 Å². The summed E-state index contributed by atoms with van der Waals surface area (Å²) in [6, 6.07) is 16.2. The average molecular weight is 316 g/mol. The fourth-order valence-corrected chi connectivity index (χ4v) is 4.53. The SMILES string of the molecule is Cc1cc(C)c2c(c1)-c1ccc3ccc(C(C)C)cc3[n+]1C2(C)C. The average Bonchev–Trinajstić information content (AvgIpc) is 2.74. The van der Waals surface area contributed by atoms with E-state index in [-0.39, 0.29) is 5.54 Å². The minimum Gasteiger partial charge on any atom is -0.182 e. The summed E-state index contributed by atoms with van der Waals surface area (Å²) in [4.78, 5) is 0. The zero-order valence-electron chi connectivity index (χ0n) is 15.6. The van der Waals surface area contributed by atoms with E-state index in [0.717, 1.165) is 0 Å². The maximum Gasteiger partial charge on any atom is 0.214 e. The van der Waals surface area contributed by atoms with Crippen LogP contribution in [0.3, 0.4) is 0 Å². The molecule has 0 saturated heterocycles. The van der Waals surface area contributed by atoms with E-state index in [0.29, 0.717) is 5.92 Å². The highest BCUT2D eigenvalue weighted by atomic mass is 15.1. The van der Waals surface area contributed by atoms with Gasteiger partial charge in [0.1, 0.15) is 0 Å². The van der Waals surface area contributed by atoms with Gasteiger partial charge in [0.05, 0.1) is 5.56 Å². The van der Waals surface area contributed by atoms with Crippen molar-refractivity contribution < 1.29 is 4.57 Å². The Morgan fingerprint density at radius 1 is 0.917 bits per heavy atom. The molecule has 4 rings (SSSR count). The van der Waals surface area contributed by atoms with E-state index in [9.17, 15) is 0 Å². The van der Waals surface area contributed by atoms with Gasteiger partial charge in [-0.2, -0.15) is 4.57 Å². The molecule has 122 valence electrons. The van der Waals surface area contributed by atoms with E-state index >= 15 is 0 Å². The van der Waals surface area contributed by atoms with Crippen LogP contribution in [0.5, 0.6) is 0 Å². The number of fused-ring (bicyclic) bond motifs is 5. The van der Waals surface area contributed by atoms with Crippen LogP contribution in [0.1, 0.15) is 55.9 Å². The maximum absolute atomic E-state index is 2.55. The van der Waals surface area contributed by atoms with Gasteiger partial charge in [-0.3, -0.25) is 0 Å². The number of aryl methyl sites for hydroxylation is 2. The van der Waals surface area contributed by atoms with E-state index in [1.165, 1.54) is 44.4 Å². The predicted octanol–water partition coefficient (Wildman–Crippen LogP) is 5.63. The fourth-order valence-electron chi connectivity index (χ4n) is 4.53. The maximum atomic E-state index is 2.55.